The molecule has 0 aliphatic rings. The number of nitrogens with zero attached hydrogens (tertiary/aromatic N) is 1. The molecule has 0 radical (unpaired) electrons. The molecule has 0 saturated heterocycles. The SMILES string of the molecule is O=[N+]([O-])c1cc(S(=O)(=O)NC(CO)(CO)CO)ccc1F. The van der Waals surface area contributed by atoms with Crippen LogP contribution >= 0.6 is 0 Å². The van der Waals surface area contributed by atoms with Gasteiger partial charge in [0, 0.05) is 6.07 Å². The summed E-state index contributed by atoms with van der Waals surface area (Å²) < 4.78 is 39.0. The van der Waals surface area contributed by atoms with Crippen LogP contribution in [0, 0.1) is 15.9 Å². The van der Waals surface area contributed by atoms with E-state index in [1.54, 1.807) is 0 Å². The quantitative estimate of drug-likeness (QED) is 0.360. The number of sulfonamides is 1. The summed E-state index contributed by atoms with van der Waals surface area (Å²) in [6.07, 6.45) is 0. The van der Waals surface area contributed by atoms with Crippen molar-refractivity contribution in [2.45, 2.75) is 10.4 Å². The van der Waals surface area contributed by atoms with Gasteiger partial charge in [0.05, 0.1) is 29.6 Å². The van der Waals surface area contributed by atoms with Crippen molar-refractivity contribution in [3.8, 4) is 0 Å². The van der Waals surface area contributed by atoms with E-state index in [0.29, 0.717) is 12.1 Å². The van der Waals surface area contributed by atoms with Gasteiger partial charge in [-0.05, 0) is 12.1 Å². The zero-order valence-electron chi connectivity index (χ0n) is 10.6. The molecule has 0 bridgehead atoms. The number of aliphatic hydroxyl groups excluding tert-OH is 3. The maximum Gasteiger partial charge on any atom is 0.306 e. The van der Waals surface area contributed by atoms with E-state index in [1.165, 1.54) is 0 Å². The molecule has 0 spiro atoms. The van der Waals surface area contributed by atoms with E-state index in [-0.39, 0.29) is 0 Å². The van der Waals surface area contributed by atoms with Gasteiger partial charge in [-0.25, -0.2) is 8.42 Å². The predicted molar refractivity (Wildman–Crippen MR) is 67.4 cm³/mol. The minimum atomic E-state index is -4.43. The van der Waals surface area contributed by atoms with E-state index >= 15 is 0 Å². The summed E-state index contributed by atoms with van der Waals surface area (Å²) in [5.41, 5.74) is -2.98. The fourth-order valence-electron chi connectivity index (χ4n) is 1.39. The Hall–Kier alpha value is -1.66. The van der Waals surface area contributed by atoms with Crippen molar-refractivity contribution in [1.82, 2.24) is 4.72 Å². The molecule has 0 heterocycles. The summed E-state index contributed by atoms with van der Waals surface area (Å²) in [4.78, 5) is 8.85. The number of aliphatic hydroxyl groups is 3. The van der Waals surface area contributed by atoms with Gasteiger partial charge in [0.15, 0.2) is 0 Å². The number of halogens is 1. The molecule has 118 valence electrons. The molecule has 0 atom stereocenters. The minimum Gasteiger partial charge on any atom is -0.394 e. The van der Waals surface area contributed by atoms with Gasteiger partial charge < -0.3 is 15.3 Å². The molecule has 9 nitrogen and oxygen atoms in total. The van der Waals surface area contributed by atoms with E-state index in [4.69, 9.17) is 15.3 Å². The second-order valence-corrected chi connectivity index (χ2v) is 5.91. The first-order chi connectivity index (χ1) is 9.71. The number of nitrogens with one attached hydrogen (secondary N) is 1. The fourth-order valence-corrected chi connectivity index (χ4v) is 2.79. The first kappa shape index (κ1) is 17.4. The van der Waals surface area contributed by atoms with Crippen LogP contribution in [0.25, 0.3) is 0 Å². The first-order valence-electron chi connectivity index (χ1n) is 5.52. The Bertz CT molecular complexity index is 622. The topological polar surface area (TPSA) is 150 Å². The Morgan fingerprint density at radius 1 is 1.24 bits per heavy atom. The summed E-state index contributed by atoms with van der Waals surface area (Å²) in [6.45, 7) is -2.74. The summed E-state index contributed by atoms with van der Waals surface area (Å²) in [6, 6.07) is 1.88. The van der Waals surface area contributed by atoms with Crippen LogP contribution in [0.5, 0.6) is 0 Å². The molecule has 1 aromatic rings. The molecule has 0 unspecified atom stereocenters. The largest absolute Gasteiger partial charge is 0.394 e. The van der Waals surface area contributed by atoms with Crippen LogP contribution < -0.4 is 4.72 Å². The Balaban J connectivity index is 3.26. The lowest BCUT2D eigenvalue weighted by molar-refractivity contribution is -0.387. The van der Waals surface area contributed by atoms with Crippen LogP contribution in [0.1, 0.15) is 0 Å². The molecule has 21 heavy (non-hydrogen) atoms. The summed E-state index contributed by atoms with van der Waals surface area (Å²) in [5, 5.41) is 37.8. The normalized spacial score (nSPS) is 12.4. The zero-order valence-corrected chi connectivity index (χ0v) is 11.4. The maximum absolute atomic E-state index is 13.2. The third-order valence-electron chi connectivity index (χ3n) is 2.68. The van der Waals surface area contributed by atoms with Gasteiger partial charge in [-0.2, -0.15) is 9.11 Å². The van der Waals surface area contributed by atoms with Gasteiger partial charge in [-0.15, -0.1) is 0 Å². The summed E-state index contributed by atoms with van der Waals surface area (Å²) in [7, 11) is -4.43. The van der Waals surface area contributed by atoms with Crippen molar-refractivity contribution in [1.29, 1.82) is 0 Å². The van der Waals surface area contributed by atoms with Crippen LogP contribution in [-0.4, -0.2) is 54.0 Å². The first-order valence-corrected chi connectivity index (χ1v) is 7.00. The molecule has 0 aliphatic carbocycles. The van der Waals surface area contributed by atoms with E-state index in [1.807, 2.05) is 4.72 Å². The van der Waals surface area contributed by atoms with Crippen molar-refractivity contribution in [3.05, 3.63) is 34.1 Å². The third-order valence-corrected chi connectivity index (χ3v) is 4.26. The minimum absolute atomic E-state index is 0.495. The molecule has 0 aromatic heterocycles. The molecule has 1 rings (SSSR count). The average molecular weight is 324 g/mol. The van der Waals surface area contributed by atoms with Crippen molar-refractivity contribution in [3.63, 3.8) is 0 Å². The van der Waals surface area contributed by atoms with Gasteiger partial charge in [-0.3, -0.25) is 10.1 Å². The lowest BCUT2D eigenvalue weighted by Gasteiger charge is -2.28. The highest BCUT2D eigenvalue weighted by molar-refractivity contribution is 7.89. The number of hydrogen-bond acceptors (Lipinski definition) is 7. The van der Waals surface area contributed by atoms with Crippen molar-refractivity contribution < 1.29 is 33.1 Å². The third kappa shape index (κ3) is 3.71. The molecular weight excluding hydrogens is 311 g/mol. The second-order valence-electron chi connectivity index (χ2n) is 4.23. The smallest absolute Gasteiger partial charge is 0.306 e. The average Bonchev–Trinajstić information content (AvgIpc) is 2.44. The van der Waals surface area contributed by atoms with Gasteiger partial charge in [-0.1, -0.05) is 0 Å². The van der Waals surface area contributed by atoms with E-state index in [0.717, 1.165) is 6.07 Å². The Morgan fingerprint density at radius 3 is 2.19 bits per heavy atom. The standard InChI is InChI=1S/C10H13FN2O7S/c11-8-2-1-7(3-9(8)13(17)18)21(19,20)12-10(4-14,5-15)6-16/h1-3,12,14-16H,4-6H2. The molecule has 1 aromatic carbocycles. The number of benzene rings is 1. The Labute approximate surface area is 118 Å². The van der Waals surface area contributed by atoms with Crippen LogP contribution in [-0.2, 0) is 10.0 Å². The van der Waals surface area contributed by atoms with Gasteiger partial charge in [0.25, 0.3) is 0 Å². The van der Waals surface area contributed by atoms with Crippen LogP contribution in [0.4, 0.5) is 10.1 Å². The molecule has 11 heteroatoms. The molecular formula is C10H13FN2O7S. The zero-order chi connectivity index (χ0) is 16.3. The molecule has 4 N–H and O–H groups in total. The lowest BCUT2D eigenvalue weighted by Crippen LogP contribution is -2.56. The highest BCUT2D eigenvalue weighted by Gasteiger charge is 2.34. The predicted octanol–water partition coefficient (Wildman–Crippen LogP) is -1.27. The van der Waals surface area contributed by atoms with E-state index in [2.05, 4.69) is 0 Å². The monoisotopic (exact) mass is 324 g/mol. The van der Waals surface area contributed by atoms with E-state index < -0.39 is 56.7 Å². The van der Waals surface area contributed by atoms with Crippen molar-refractivity contribution in [2.75, 3.05) is 19.8 Å². The fraction of sp³-hybridized carbons (Fsp3) is 0.400. The maximum atomic E-state index is 13.2. The number of nitro benzene ring substituents is 1. The highest BCUT2D eigenvalue weighted by atomic mass is 32.2. The van der Waals surface area contributed by atoms with Gasteiger partial charge in [0.1, 0.15) is 5.54 Å². The van der Waals surface area contributed by atoms with Crippen LogP contribution in [0.2, 0.25) is 0 Å². The molecule has 0 fully saturated rings. The number of rotatable bonds is 7. The van der Waals surface area contributed by atoms with Crippen molar-refractivity contribution in [2.24, 2.45) is 0 Å². The molecule has 0 aliphatic heterocycles. The van der Waals surface area contributed by atoms with Crippen molar-refractivity contribution >= 4 is 15.7 Å². The summed E-state index contributed by atoms with van der Waals surface area (Å²) >= 11 is 0. The molecule has 0 saturated carbocycles. The number of nitro groups is 1. The van der Waals surface area contributed by atoms with Gasteiger partial charge >= 0.3 is 5.69 Å². The second kappa shape index (κ2) is 6.41. The Morgan fingerprint density at radius 2 is 1.76 bits per heavy atom. The highest BCUT2D eigenvalue weighted by Crippen LogP contribution is 2.22. The van der Waals surface area contributed by atoms with Gasteiger partial charge in [0.2, 0.25) is 15.8 Å². The molecule has 0 amide bonds. The van der Waals surface area contributed by atoms with Crippen LogP contribution in [0.15, 0.2) is 23.1 Å². The Kier molecular flexibility index (Phi) is 5.31. The summed E-state index contributed by atoms with van der Waals surface area (Å²) in [5.74, 6) is -1.21. The van der Waals surface area contributed by atoms with E-state index in [9.17, 15) is 22.9 Å². The van der Waals surface area contributed by atoms with Crippen LogP contribution in [0.3, 0.4) is 0 Å². The lowest BCUT2D eigenvalue weighted by atomic mass is 10.1. The number of hydrogen-bond donors (Lipinski definition) is 4.